The first-order chi connectivity index (χ1) is 16.4. The number of ether oxygens (including phenoxy) is 1. The molecule has 34 heavy (non-hydrogen) atoms. The molecule has 0 fully saturated rings. The quantitative estimate of drug-likeness (QED) is 0.335. The van der Waals surface area contributed by atoms with Gasteiger partial charge in [0.25, 0.3) is 0 Å². The number of aromatic carboxylic acids is 1. The van der Waals surface area contributed by atoms with E-state index in [0.29, 0.717) is 24.2 Å². The molecule has 0 aliphatic rings. The molecule has 1 aromatic heterocycles. The summed E-state index contributed by atoms with van der Waals surface area (Å²) in [5.41, 5.74) is 3.42. The molecule has 4 aromatic rings. The predicted molar refractivity (Wildman–Crippen MR) is 124 cm³/mol. The van der Waals surface area contributed by atoms with Crippen LogP contribution in [0.25, 0.3) is 0 Å². The zero-order valence-electron chi connectivity index (χ0n) is 18.6. The van der Waals surface area contributed by atoms with Crippen molar-refractivity contribution in [2.45, 2.75) is 25.7 Å². The maximum Gasteiger partial charge on any atom is 0.336 e. The normalized spacial score (nSPS) is 11.9. The fraction of sp³-hybridized carbons (Fsp3) is 0.185. The Morgan fingerprint density at radius 3 is 2.29 bits per heavy atom. The summed E-state index contributed by atoms with van der Waals surface area (Å²) in [6.45, 7) is 2.05. The molecule has 0 bridgehead atoms. The topological polar surface area (TPSA) is 75.2 Å². The third-order valence-corrected chi connectivity index (χ3v) is 5.69. The van der Waals surface area contributed by atoms with E-state index < -0.39 is 5.97 Å². The van der Waals surface area contributed by atoms with Crippen LogP contribution < -0.4 is 4.74 Å². The Kier molecular flexibility index (Phi) is 7.01. The molecule has 0 aliphatic heterocycles. The highest BCUT2D eigenvalue weighted by molar-refractivity contribution is 5.90. The number of carbonyl (C=O) groups is 1. The molecular weight excluding hydrogens is 438 g/mol. The van der Waals surface area contributed by atoms with Crippen molar-refractivity contribution in [2.24, 2.45) is 0 Å². The minimum atomic E-state index is -1.04. The van der Waals surface area contributed by atoms with Crippen LogP contribution in [0.2, 0.25) is 0 Å². The van der Waals surface area contributed by atoms with Crippen LogP contribution >= 0.6 is 0 Å². The van der Waals surface area contributed by atoms with E-state index in [0.717, 1.165) is 22.6 Å². The Hall–Kier alpha value is -4.00. The van der Waals surface area contributed by atoms with Gasteiger partial charge >= 0.3 is 5.97 Å². The van der Waals surface area contributed by atoms with E-state index >= 15 is 0 Å². The third-order valence-electron chi connectivity index (χ3n) is 5.69. The first kappa shape index (κ1) is 23.2. The van der Waals surface area contributed by atoms with Crippen LogP contribution in [0, 0.1) is 18.6 Å². The van der Waals surface area contributed by atoms with Crippen LogP contribution in [0.5, 0.6) is 5.75 Å². The molecule has 4 rings (SSSR count). The molecule has 0 saturated heterocycles. The zero-order chi connectivity index (χ0) is 24.1. The molecule has 0 radical (unpaired) electrons. The number of nitrogens with one attached hydrogen (secondary N) is 1. The minimum absolute atomic E-state index is 0.162. The molecular formula is C27H24F2N2O3. The van der Waals surface area contributed by atoms with Crippen molar-refractivity contribution in [1.29, 1.82) is 0 Å². The second-order valence-electron chi connectivity index (χ2n) is 8.09. The molecule has 174 valence electrons. The molecule has 1 atom stereocenters. The Morgan fingerprint density at radius 1 is 1.00 bits per heavy atom. The summed E-state index contributed by atoms with van der Waals surface area (Å²) >= 11 is 0. The molecule has 0 amide bonds. The van der Waals surface area contributed by atoms with Crippen molar-refractivity contribution in [1.82, 2.24) is 9.97 Å². The van der Waals surface area contributed by atoms with E-state index in [-0.39, 0.29) is 29.7 Å². The first-order valence-corrected chi connectivity index (χ1v) is 10.9. The lowest BCUT2D eigenvalue weighted by Gasteiger charge is -2.18. The standard InChI is InChI=1S/C27H24F2N2O3/c1-17-30-15-26(31-17)25(20-6-11-22(29)12-7-20)16-34-23-13-8-19(24(14-23)27(32)33)5-2-18-3-9-21(28)10-4-18/h3-4,6-15,25H,2,5,16H2,1H3,(H,30,31)(H,32,33). The van der Waals surface area contributed by atoms with Gasteiger partial charge in [-0.15, -0.1) is 0 Å². The average molecular weight is 462 g/mol. The highest BCUT2D eigenvalue weighted by Crippen LogP contribution is 2.27. The summed E-state index contributed by atoms with van der Waals surface area (Å²) < 4.78 is 32.5. The second-order valence-corrected chi connectivity index (χ2v) is 8.09. The van der Waals surface area contributed by atoms with Crippen molar-refractivity contribution in [3.63, 3.8) is 0 Å². The lowest BCUT2D eigenvalue weighted by molar-refractivity contribution is 0.0695. The first-order valence-electron chi connectivity index (χ1n) is 10.9. The van der Waals surface area contributed by atoms with Crippen LogP contribution in [0.3, 0.4) is 0 Å². The largest absolute Gasteiger partial charge is 0.493 e. The summed E-state index contributed by atoms with van der Waals surface area (Å²) in [5, 5.41) is 9.73. The average Bonchev–Trinajstić information content (AvgIpc) is 3.26. The number of benzene rings is 3. The zero-order valence-corrected chi connectivity index (χ0v) is 18.6. The summed E-state index contributed by atoms with van der Waals surface area (Å²) in [6.07, 6.45) is 2.81. The smallest absolute Gasteiger partial charge is 0.336 e. The van der Waals surface area contributed by atoms with Crippen LogP contribution in [0.4, 0.5) is 8.78 Å². The third kappa shape index (κ3) is 5.67. The van der Waals surface area contributed by atoms with Crippen molar-refractivity contribution < 1.29 is 23.4 Å². The molecule has 7 heteroatoms. The fourth-order valence-electron chi connectivity index (χ4n) is 3.85. The molecule has 5 nitrogen and oxygen atoms in total. The minimum Gasteiger partial charge on any atom is -0.493 e. The van der Waals surface area contributed by atoms with Gasteiger partial charge in [-0.05, 0) is 72.9 Å². The van der Waals surface area contributed by atoms with E-state index in [1.165, 1.54) is 30.3 Å². The highest BCUT2D eigenvalue weighted by atomic mass is 19.1. The Bertz CT molecular complexity index is 1270. The van der Waals surface area contributed by atoms with Gasteiger partial charge in [-0.25, -0.2) is 18.6 Å². The van der Waals surface area contributed by atoms with E-state index in [1.54, 1.807) is 42.6 Å². The van der Waals surface area contributed by atoms with Crippen molar-refractivity contribution in [3.05, 3.63) is 118 Å². The number of imidazole rings is 1. The molecule has 1 heterocycles. The number of carboxylic acids is 1. The van der Waals surface area contributed by atoms with Gasteiger partial charge in [-0.3, -0.25) is 0 Å². The van der Waals surface area contributed by atoms with E-state index in [2.05, 4.69) is 9.97 Å². The number of hydrogen-bond donors (Lipinski definition) is 2. The number of aryl methyl sites for hydroxylation is 3. The van der Waals surface area contributed by atoms with Crippen LogP contribution in [0.15, 0.2) is 72.9 Å². The van der Waals surface area contributed by atoms with E-state index in [4.69, 9.17) is 4.74 Å². The predicted octanol–water partition coefficient (Wildman–Crippen LogP) is 5.69. The molecule has 0 spiro atoms. The number of H-pyrrole nitrogens is 1. The van der Waals surface area contributed by atoms with Gasteiger partial charge in [0.15, 0.2) is 0 Å². The number of aromatic amines is 1. The Labute approximate surface area is 196 Å². The SMILES string of the molecule is Cc1ncc(C(COc2ccc(CCc3ccc(F)cc3)c(C(=O)O)c2)c2ccc(F)cc2)[nH]1. The second kappa shape index (κ2) is 10.3. The summed E-state index contributed by atoms with van der Waals surface area (Å²) in [7, 11) is 0. The van der Waals surface area contributed by atoms with Crippen molar-refractivity contribution in [2.75, 3.05) is 6.61 Å². The monoisotopic (exact) mass is 462 g/mol. The van der Waals surface area contributed by atoms with Gasteiger partial charge in [0, 0.05) is 11.9 Å². The van der Waals surface area contributed by atoms with Crippen LogP contribution in [-0.4, -0.2) is 27.7 Å². The van der Waals surface area contributed by atoms with Crippen LogP contribution in [0.1, 0.15) is 44.5 Å². The van der Waals surface area contributed by atoms with Crippen LogP contribution in [-0.2, 0) is 12.8 Å². The Morgan fingerprint density at radius 2 is 1.68 bits per heavy atom. The number of halogens is 2. The van der Waals surface area contributed by atoms with E-state index in [9.17, 15) is 18.7 Å². The fourth-order valence-corrected chi connectivity index (χ4v) is 3.85. The molecule has 1 unspecified atom stereocenters. The molecule has 0 saturated carbocycles. The summed E-state index contributed by atoms with van der Waals surface area (Å²) in [5.74, 6) is -0.744. The summed E-state index contributed by atoms with van der Waals surface area (Å²) in [6, 6.07) is 17.4. The van der Waals surface area contributed by atoms with Gasteiger partial charge in [-0.2, -0.15) is 0 Å². The Balaban J connectivity index is 1.51. The number of nitrogens with zero attached hydrogens (tertiary/aromatic N) is 1. The number of rotatable bonds is 9. The maximum absolute atomic E-state index is 13.4. The number of hydrogen-bond acceptors (Lipinski definition) is 3. The molecule has 3 aromatic carbocycles. The maximum atomic E-state index is 13.4. The van der Waals surface area contributed by atoms with Crippen molar-refractivity contribution >= 4 is 5.97 Å². The molecule has 2 N–H and O–H groups in total. The van der Waals surface area contributed by atoms with E-state index in [1.807, 2.05) is 6.92 Å². The lowest BCUT2D eigenvalue weighted by atomic mass is 9.97. The number of aromatic nitrogens is 2. The van der Waals surface area contributed by atoms with Crippen molar-refractivity contribution in [3.8, 4) is 5.75 Å². The van der Waals surface area contributed by atoms with Gasteiger partial charge in [0.1, 0.15) is 29.8 Å². The van der Waals surface area contributed by atoms with Gasteiger partial charge in [0.2, 0.25) is 0 Å². The molecule has 0 aliphatic carbocycles. The number of carboxylic acid groups (broad SMARTS) is 1. The summed E-state index contributed by atoms with van der Waals surface area (Å²) in [4.78, 5) is 19.3. The van der Waals surface area contributed by atoms with Gasteiger partial charge in [-0.1, -0.05) is 30.3 Å². The van der Waals surface area contributed by atoms with Gasteiger partial charge < -0.3 is 14.8 Å². The highest BCUT2D eigenvalue weighted by Gasteiger charge is 2.19. The van der Waals surface area contributed by atoms with Gasteiger partial charge in [0.05, 0.1) is 11.5 Å². The lowest BCUT2D eigenvalue weighted by Crippen LogP contribution is -2.13.